The number of morpholine rings is 1. The van der Waals surface area contributed by atoms with Gasteiger partial charge in [-0.1, -0.05) is 12.1 Å². The molecule has 0 saturated carbocycles. The molecule has 1 aromatic carbocycles. The summed E-state index contributed by atoms with van der Waals surface area (Å²) in [7, 11) is 0. The molecule has 1 saturated heterocycles. The first kappa shape index (κ1) is 16.8. The zero-order valence-electron chi connectivity index (χ0n) is 13.3. The van der Waals surface area contributed by atoms with Crippen LogP contribution in [0.1, 0.15) is 19.4 Å². The van der Waals surface area contributed by atoms with E-state index in [4.69, 9.17) is 19.5 Å². The minimum absolute atomic E-state index is 0.287. The van der Waals surface area contributed by atoms with E-state index in [2.05, 4.69) is 24.8 Å². The highest BCUT2D eigenvalue weighted by atomic mass is 16.5. The largest absolute Gasteiger partial charge is 0.490 e. The molecule has 0 unspecified atom stereocenters. The molecule has 5 heteroatoms. The average Bonchev–Trinajstić information content (AvgIpc) is 2.50. The van der Waals surface area contributed by atoms with Gasteiger partial charge < -0.3 is 14.2 Å². The maximum absolute atomic E-state index is 8.97. The second-order valence-corrected chi connectivity index (χ2v) is 5.59. The van der Waals surface area contributed by atoms with Crippen molar-refractivity contribution >= 4 is 0 Å². The summed E-state index contributed by atoms with van der Waals surface area (Å²) in [5.74, 6) is 0.615. The first-order chi connectivity index (χ1) is 10.7. The van der Waals surface area contributed by atoms with Crippen LogP contribution in [0.15, 0.2) is 24.3 Å². The zero-order chi connectivity index (χ0) is 15.8. The van der Waals surface area contributed by atoms with Gasteiger partial charge in [0.15, 0.2) is 0 Å². The molecule has 0 aromatic heterocycles. The summed E-state index contributed by atoms with van der Waals surface area (Å²) in [4.78, 5) is 2.37. The van der Waals surface area contributed by atoms with Crippen molar-refractivity contribution in [3.63, 3.8) is 0 Å². The molecule has 2 rings (SSSR count). The van der Waals surface area contributed by atoms with Gasteiger partial charge in [0, 0.05) is 19.6 Å². The molecule has 0 N–H and O–H groups in total. The van der Waals surface area contributed by atoms with Gasteiger partial charge >= 0.3 is 0 Å². The lowest BCUT2D eigenvalue weighted by molar-refractivity contribution is -0.0734. The topological polar surface area (TPSA) is 54.7 Å². The van der Waals surface area contributed by atoms with Gasteiger partial charge in [0.1, 0.15) is 18.4 Å². The Morgan fingerprint density at radius 2 is 1.91 bits per heavy atom. The summed E-state index contributed by atoms with van der Waals surface area (Å²) in [6, 6.07) is 9.35. The molecular formula is C17H24N2O3. The Kier molecular flexibility index (Phi) is 6.66. The summed E-state index contributed by atoms with van der Waals surface area (Å²) in [6.07, 6.45) is 0.573. The Bertz CT molecular complexity index is 491. The molecule has 0 aliphatic carbocycles. The fourth-order valence-corrected chi connectivity index (χ4v) is 2.66. The minimum Gasteiger partial charge on any atom is -0.490 e. The molecule has 1 heterocycles. The number of hydrogen-bond acceptors (Lipinski definition) is 5. The van der Waals surface area contributed by atoms with E-state index in [1.807, 2.05) is 12.1 Å². The third-order valence-electron chi connectivity index (χ3n) is 3.54. The van der Waals surface area contributed by atoms with Crippen LogP contribution in [0, 0.1) is 11.3 Å². The van der Waals surface area contributed by atoms with Crippen molar-refractivity contribution in [3.05, 3.63) is 29.8 Å². The molecule has 0 radical (unpaired) electrons. The number of rotatable bonds is 7. The molecule has 1 aliphatic heterocycles. The number of ether oxygens (including phenoxy) is 3. The van der Waals surface area contributed by atoms with Crippen LogP contribution in [0.3, 0.4) is 0 Å². The molecule has 2 atom stereocenters. The van der Waals surface area contributed by atoms with Gasteiger partial charge in [0.25, 0.3) is 0 Å². The first-order valence-corrected chi connectivity index (χ1v) is 7.76. The van der Waals surface area contributed by atoms with Crippen molar-refractivity contribution in [3.8, 4) is 11.8 Å². The molecular weight excluding hydrogens is 280 g/mol. The van der Waals surface area contributed by atoms with Gasteiger partial charge in [0.2, 0.25) is 0 Å². The molecule has 1 fully saturated rings. The summed E-state index contributed by atoms with van der Waals surface area (Å²) in [6.45, 7) is 8.69. The van der Waals surface area contributed by atoms with Crippen molar-refractivity contribution in [2.24, 2.45) is 0 Å². The van der Waals surface area contributed by atoms with E-state index in [9.17, 15) is 0 Å². The Balaban J connectivity index is 1.59. The normalized spacial score (nSPS) is 22.2. The van der Waals surface area contributed by atoms with E-state index in [0.29, 0.717) is 31.1 Å². The fourth-order valence-electron chi connectivity index (χ4n) is 2.66. The first-order valence-electron chi connectivity index (χ1n) is 7.76. The molecule has 0 spiro atoms. The minimum atomic E-state index is 0.287. The van der Waals surface area contributed by atoms with Crippen molar-refractivity contribution < 1.29 is 14.2 Å². The van der Waals surface area contributed by atoms with Crippen LogP contribution in [-0.2, 0) is 9.47 Å². The van der Waals surface area contributed by atoms with E-state index in [1.165, 1.54) is 0 Å². The molecule has 22 heavy (non-hydrogen) atoms. The highest BCUT2D eigenvalue weighted by Crippen LogP contribution is 2.16. The molecule has 1 aromatic rings. The SMILES string of the molecule is C[C@H]1CN(CCOCCOc2ccccc2C#N)C[C@H](C)O1. The fraction of sp³-hybridized carbons (Fsp3) is 0.588. The summed E-state index contributed by atoms with van der Waals surface area (Å²) in [5, 5.41) is 8.97. The second kappa shape index (κ2) is 8.74. The highest BCUT2D eigenvalue weighted by Gasteiger charge is 2.21. The number of hydrogen-bond donors (Lipinski definition) is 0. The molecule has 120 valence electrons. The van der Waals surface area contributed by atoms with E-state index < -0.39 is 0 Å². The summed E-state index contributed by atoms with van der Waals surface area (Å²) >= 11 is 0. The lowest BCUT2D eigenvalue weighted by Crippen LogP contribution is -2.46. The van der Waals surface area contributed by atoms with Crippen LogP contribution < -0.4 is 4.74 Å². The van der Waals surface area contributed by atoms with Crippen LogP contribution in [0.25, 0.3) is 0 Å². The van der Waals surface area contributed by atoms with E-state index >= 15 is 0 Å². The molecule has 1 aliphatic rings. The quantitative estimate of drug-likeness (QED) is 0.722. The number of nitrogens with zero attached hydrogens (tertiary/aromatic N) is 2. The maximum Gasteiger partial charge on any atom is 0.137 e. The van der Waals surface area contributed by atoms with Crippen molar-refractivity contribution in [2.75, 3.05) is 39.5 Å². The van der Waals surface area contributed by atoms with Gasteiger partial charge in [-0.3, -0.25) is 4.90 Å². The molecule has 5 nitrogen and oxygen atoms in total. The van der Waals surface area contributed by atoms with Crippen LogP contribution >= 0.6 is 0 Å². The number of nitriles is 1. The van der Waals surface area contributed by atoms with Gasteiger partial charge in [-0.05, 0) is 26.0 Å². The van der Waals surface area contributed by atoms with Crippen molar-refractivity contribution in [1.82, 2.24) is 4.90 Å². The third kappa shape index (κ3) is 5.30. The zero-order valence-corrected chi connectivity index (χ0v) is 13.3. The lowest BCUT2D eigenvalue weighted by atomic mass is 10.2. The Morgan fingerprint density at radius 1 is 1.18 bits per heavy atom. The number of benzene rings is 1. The number of para-hydroxylation sites is 1. The predicted octanol–water partition coefficient (Wildman–Crippen LogP) is 2.06. The summed E-state index contributed by atoms with van der Waals surface area (Å²) < 4.78 is 16.9. The average molecular weight is 304 g/mol. The van der Waals surface area contributed by atoms with Crippen LogP contribution in [0.2, 0.25) is 0 Å². The van der Waals surface area contributed by atoms with E-state index in [1.54, 1.807) is 12.1 Å². The third-order valence-corrected chi connectivity index (χ3v) is 3.54. The van der Waals surface area contributed by atoms with Gasteiger partial charge in [-0.25, -0.2) is 0 Å². The smallest absolute Gasteiger partial charge is 0.137 e. The van der Waals surface area contributed by atoms with Crippen LogP contribution in [-0.4, -0.2) is 56.6 Å². The highest BCUT2D eigenvalue weighted by molar-refractivity contribution is 5.42. The maximum atomic E-state index is 8.97. The van der Waals surface area contributed by atoms with E-state index in [-0.39, 0.29) is 12.2 Å². The monoisotopic (exact) mass is 304 g/mol. The Morgan fingerprint density at radius 3 is 2.64 bits per heavy atom. The van der Waals surface area contributed by atoms with Gasteiger partial charge in [-0.15, -0.1) is 0 Å². The van der Waals surface area contributed by atoms with Gasteiger partial charge in [0.05, 0.1) is 31.0 Å². The van der Waals surface area contributed by atoms with E-state index in [0.717, 1.165) is 19.6 Å². The molecule has 0 bridgehead atoms. The standard InChI is InChI=1S/C17H24N2O3/c1-14-12-19(13-15(2)22-14)7-8-20-9-10-21-17-6-4-3-5-16(17)11-18/h3-6,14-15H,7-10,12-13H2,1-2H3/t14-,15-/m0/s1. The second-order valence-electron chi connectivity index (χ2n) is 5.59. The predicted molar refractivity (Wildman–Crippen MR) is 83.9 cm³/mol. The van der Waals surface area contributed by atoms with Crippen LogP contribution in [0.5, 0.6) is 5.75 Å². The molecule has 0 amide bonds. The van der Waals surface area contributed by atoms with Crippen LogP contribution in [0.4, 0.5) is 0 Å². The van der Waals surface area contributed by atoms with Crippen molar-refractivity contribution in [2.45, 2.75) is 26.1 Å². The van der Waals surface area contributed by atoms with Crippen molar-refractivity contribution in [1.29, 1.82) is 5.26 Å². The summed E-state index contributed by atoms with van der Waals surface area (Å²) in [5.41, 5.74) is 0.554. The van der Waals surface area contributed by atoms with Gasteiger partial charge in [-0.2, -0.15) is 5.26 Å². The Labute approximate surface area is 132 Å². The lowest BCUT2D eigenvalue weighted by Gasteiger charge is -2.35. The Hall–Kier alpha value is -1.61.